The number of rotatable bonds is 3. The maximum Gasteiger partial charge on any atom is 0.311 e. The van der Waals surface area contributed by atoms with Gasteiger partial charge in [-0.2, -0.15) is 0 Å². The van der Waals surface area contributed by atoms with Gasteiger partial charge in [0.2, 0.25) is 0 Å². The minimum Gasteiger partial charge on any atom is -0.481 e. The minimum absolute atomic E-state index is 0.111. The molecule has 3 nitrogen and oxygen atoms in total. The summed E-state index contributed by atoms with van der Waals surface area (Å²) in [5.74, 6) is 0.168. The SMILES string of the molecule is Cc1c(Cl)cccc1-c1ccc(CC(=O)O)o1. The van der Waals surface area contributed by atoms with Gasteiger partial charge >= 0.3 is 5.97 Å². The molecule has 0 unspecified atom stereocenters. The third-order valence-electron chi connectivity index (χ3n) is 2.52. The van der Waals surface area contributed by atoms with Gasteiger partial charge in [0.15, 0.2) is 0 Å². The Kier molecular flexibility index (Phi) is 3.20. The molecular formula is C13H11ClO3. The zero-order valence-electron chi connectivity index (χ0n) is 9.24. The number of hydrogen-bond acceptors (Lipinski definition) is 2. The molecule has 0 radical (unpaired) electrons. The Bertz CT molecular complexity index is 558. The predicted molar refractivity (Wildman–Crippen MR) is 65.2 cm³/mol. The maximum atomic E-state index is 10.6. The molecule has 0 saturated carbocycles. The molecule has 2 rings (SSSR count). The van der Waals surface area contributed by atoms with Crippen LogP contribution in [0, 0.1) is 6.92 Å². The van der Waals surface area contributed by atoms with Crippen LogP contribution in [-0.4, -0.2) is 11.1 Å². The van der Waals surface area contributed by atoms with Crippen molar-refractivity contribution < 1.29 is 14.3 Å². The molecule has 0 bridgehead atoms. The summed E-state index contributed by atoms with van der Waals surface area (Å²) in [5.41, 5.74) is 1.81. The highest BCUT2D eigenvalue weighted by Crippen LogP contribution is 2.29. The van der Waals surface area contributed by atoms with Crippen LogP contribution in [0.25, 0.3) is 11.3 Å². The second kappa shape index (κ2) is 4.63. The van der Waals surface area contributed by atoms with Crippen LogP contribution in [0.2, 0.25) is 5.02 Å². The highest BCUT2D eigenvalue weighted by molar-refractivity contribution is 6.31. The summed E-state index contributed by atoms with van der Waals surface area (Å²) in [5, 5.41) is 9.33. The fraction of sp³-hybridized carbons (Fsp3) is 0.154. The van der Waals surface area contributed by atoms with Crippen molar-refractivity contribution in [2.45, 2.75) is 13.3 Å². The first-order chi connectivity index (χ1) is 8.08. The molecule has 1 aromatic carbocycles. The van der Waals surface area contributed by atoms with Crippen molar-refractivity contribution in [1.82, 2.24) is 0 Å². The van der Waals surface area contributed by atoms with Crippen LogP contribution >= 0.6 is 11.6 Å². The van der Waals surface area contributed by atoms with E-state index in [9.17, 15) is 4.79 Å². The Balaban J connectivity index is 2.37. The number of furan rings is 1. The topological polar surface area (TPSA) is 50.4 Å². The number of halogens is 1. The summed E-state index contributed by atoms with van der Waals surface area (Å²) in [7, 11) is 0. The van der Waals surface area contributed by atoms with Gasteiger partial charge in [-0.1, -0.05) is 23.7 Å². The van der Waals surface area contributed by atoms with Gasteiger partial charge in [0.1, 0.15) is 17.9 Å². The van der Waals surface area contributed by atoms with E-state index in [2.05, 4.69) is 0 Å². The maximum absolute atomic E-state index is 10.6. The fourth-order valence-electron chi connectivity index (χ4n) is 1.64. The molecule has 0 amide bonds. The predicted octanol–water partition coefficient (Wildman–Crippen LogP) is 3.54. The minimum atomic E-state index is -0.909. The van der Waals surface area contributed by atoms with Crippen molar-refractivity contribution >= 4 is 17.6 Å². The van der Waals surface area contributed by atoms with Gasteiger partial charge in [0.05, 0.1) is 0 Å². The summed E-state index contributed by atoms with van der Waals surface area (Å²) in [6.07, 6.45) is -0.111. The number of carboxylic acids is 1. The number of benzene rings is 1. The normalized spacial score (nSPS) is 10.5. The standard InChI is InChI=1S/C13H11ClO3/c1-8-10(3-2-4-11(8)14)12-6-5-9(17-12)7-13(15)16/h2-6H,7H2,1H3,(H,15,16). The van der Waals surface area contributed by atoms with Crippen molar-refractivity contribution in [3.05, 3.63) is 46.7 Å². The number of aliphatic carboxylic acids is 1. The van der Waals surface area contributed by atoms with Gasteiger partial charge in [0, 0.05) is 10.6 Å². The lowest BCUT2D eigenvalue weighted by atomic mass is 10.1. The van der Waals surface area contributed by atoms with Gasteiger partial charge in [-0.15, -0.1) is 0 Å². The molecule has 4 heteroatoms. The van der Waals surface area contributed by atoms with Crippen molar-refractivity contribution in [1.29, 1.82) is 0 Å². The first-order valence-corrected chi connectivity index (χ1v) is 5.51. The van der Waals surface area contributed by atoms with Crippen LogP contribution in [0.1, 0.15) is 11.3 Å². The quantitative estimate of drug-likeness (QED) is 0.907. The smallest absolute Gasteiger partial charge is 0.311 e. The Morgan fingerprint density at radius 1 is 1.35 bits per heavy atom. The van der Waals surface area contributed by atoms with E-state index in [1.807, 2.05) is 25.1 Å². The number of carboxylic acid groups (broad SMARTS) is 1. The average Bonchev–Trinajstić information content (AvgIpc) is 2.69. The van der Waals surface area contributed by atoms with E-state index in [0.29, 0.717) is 16.5 Å². The molecule has 0 aliphatic heterocycles. The largest absolute Gasteiger partial charge is 0.481 e. The van der Waals surface area contributed by atoms with E-state index in [1.54, 1.807) is 12.1 Å². The first kappa shape index (κ1) is 11.7. The Labute approximate surface area is 104 Å². The fourth-order valence-corrected chi connectivity index (χ4v) is 1.82. The zero-order valence-corrected chi connectivity index (χ0v) is 9.99. The lowest BCUT2D eigenvalue weighted by molar-refractivity contribution is -0.136. The van der Waals surface area contributed by atoms with Crippen molar-refractivity contribution in [2.75, 3.05) is 0 Å². The second-order valence-corrected chi connectivity index (χ2v) is 4.16. The average molecular weight is 251 g/mol. The number of hydrogen-bond donors (Lipinski definition) is 1. The molecule has 17 heavy (non-hydrogen) atoms. The zero-order chi connectivity index (χ0) is 12.4. The summed E-state index contributed by atoms with van der Waals surface area (Å²) in [6, 6.07) is 8.97. The highest BCUT2D eigenvalue weighted by Gasteiger charge is 2.10. The van der Waals surface area contributed by atoms with Crippen LogP contribution in [0.15, 0.2) is 34.7 Å². The van der Waals surface area contributed by atoms with Crippen LogP contribution in [0.5, 0.6) is 0 Å². The van der Waals surface area contributed by atoms with Crippen LogP contribution in [-0.2, 0) is 11.2 Å². The van der Waals surface area contributed by atoms with E-state index in [4.69, 9.17) is 21.1 Å². The summed E-state index contributed by atoms with van der Waals surface area (Å²) < 4.78 is 5.48. The molecule has 0 atom stereocenters. The van der Waals surface area contributed by atoms with Gasteiger partial charge in [-0.25, -0.2) is 0 Å². The van der Waals surface area contributed by atoms with Crippen LogP contribution in [0.4, 0.5) is 0 Å². The molecular weight excluding hydrogens is 240 g/mol. The lowest BCUT2D eigenvalue weighted by Crippen LogP contribution is -1.97. The van der Waals surface area contributed by atoms with E-state index >= 15 is 0 Å². The summed E-state index contributed by atoms with van der Waals surface area (Å²) in [6.45, 7) is 1.90. The van der Waals surface area contributed by atoms with E-state index < -0.39 is 5.97 Å². The van der Waals surface area contributed by atoms with Crippen molar-refractivity contribution in [3.8, 4) is 11.3 Å². The van der Waals surface area contributed by atoms with Gasteiger partial charge in [-0.3, -0.25) is 4.79 Å². The molecule has 0 spiro atoms. The van der Waals surface area contributed by atoms with Gasteiger partial charge in [0.25, 0.3) is 0 Å². The third-order valence-corrected chi connectivity index (χ3v) is 2.93. The molecule has 0 fully saturated rings. The Morgan fingerprint density at radius 2 is 2.12 bits per heavy atom. The van der Waals surface area contributed by atoms with Gasteiger partial charge in [-0.05, 0) is 30.7 Å². The number of carbonyl (C=O) groups is 1. The Morgan fingerprint density at radius 3 is 2.82 bits per heavy atom. The molecule has 1 aromatic heterocycles. The molecule has 0 aliphatic carbocycles. The van der Waals surface area contributed by atoms with E-state index in [1.165, 1.54) is 0 Å². The molecule has 88 valence electrons. The van der Waals surface area contributed by atoms with Crippen LogP contribution < -0.4 is 0 Å². The van der Waals surface area contributed by atoms with Crippen LogP contribution in [0.3, 0.4) is 0 Å². The van der Waals surface area contributed by atoms with Crippen molar-refractivity contribution in [2.24, 2.45) is 0 Å². The van der Waals surface area contributed by atoms with Crippen molar-refractivity contribution in [3.63, 3.8) is 0 Å². The molecule has 0 aliphatic rings. The van der Waals surface area contributed by atoms with E-state index in [0.717, 1.165) is 11.1 Å². The monoisotopic (exact) mass is 250 g/mol. The Hall–Kier alpha value is -1.74. The molecule has 0 saturated heterocycles. The first-order valence-electron chi connectivity index (χ1n) is 5.14. The molecule has 2 aromatic rings. The van der Waals surface area contributed by atoms with Gasteiger partial charge < -0.3 is 9.52 Å². The molecule has 1 heterocycles. The van der Waals surface area contributed by atoms with E-state index in [-0.39, 0.29) is 6.42 Å². The summed E-state index contributed by atoms with van der Waals surface area (Å²) in [4.78, 5) is 10.6. The lowest BCUT2D eigenvalue weighted by Gasteiger charge is -2.03. The second-order valence-electron chi connectivity index (χ2n) is 3.75. The third kappa shape index (κ3) is 2.50. The summed E-state index contributed by atoms with van der Waals surface area (Å²) >= 11 is 6.02. The highest BCUT2D eigenvalue weighted by atomic mass is 35.5. The molecule has 1 N–H and O–H groups in total.